The van der Waals surface area contributed by atoms with Crippen molar-refractivity contribution in [1.82, 2.24) is 5.32 Å². The summed E-state index contributed by atoms with van der Waals surface area (Å²) in [6.45, 7) is 4.32. The van der Waals surface area contributed by atoms with Gasteiger partial charge in [-0.05, 0) is 31.7 Å². The molecule has 1 amide bonds. The molecule has 0 aliphatic carbocycles. The Morgan fingerprint density at radius 2 is 2.40 bits per heavy atom. The van der Waals surface area contributed by atoms with Gasteiger partial charge >= 0.3 is 0 Å². The fraction of sp³-hybridized carbons (Fsp3) is 0.643. The minimum absolute atomic E-state index is 0.0867. The summed E-state index contributed by atoms with van der Waals surface area (Å²) in [6, 6.07) is 1.83. The molecule has 1 saturated heterocycles. The van der Waals surface area contributed by atoms with Crippen LogP contribution in [-0.2, 0) is 4.74 Å². The summed E-state index contributed by atoms with van der Waals surface area (Å²) < 4.78 is 5.67. The SMILES string of the molecule is CCCNC(=O)c1sc(NCC2CCCCO2)cc1N. The zero-order chi connectivity index (χ0) is 14.4. The quantitative estimate of drug-likeness (QED) is 0.754. The van der Waals surface area contributed by atoms with Gasteiger partial charge in [0.15, 0.2) is 0 Å². The third-order valence-electron chi connectivity index (χ3n) is 3.28. The molecule has 0 bridgehead atoms. The number of carbonyl (C=O) groups excluding carboxylic acids is 1. The third-order valence-corrected chi connectivity index (χ3v) is 4.39. The predicted molar refractivity (Wildman–Crippen MR) is 83.4 cm³/mol. The molecule has 1 aliphatic rings. The van der Waals surface area contributed by atoms with E-state index in [2.05, 4.69) is 10.6 Å². The van der Waals surface area contributed by atoms with E-state index >= 15 is 0 Å². The summed E-state index contributed by atoms with van der Waals surface area (Å²) in [5, 5.41) is 7.10. The van der Waals surface area contributed by atoms with Crippen LogP contribution >= 0.6 is 11.3 Å². The van der Waals surface area contributed by atoms with Crippen molar-refractivity contribution in [2.75, 3.05) is 30.7 Å². The number of anilines is 2. The lowest BCUT2D eigenvalue weighted by Crippen LogP contribution is -2.26. The molecule has 1 aromatic heterocycles. The van der Waals surface area contributed by atoms with Gasteiger partial charge in [0.2, 0.25) is 0 Å². The first-order chi connectivity index (χ1) is 9.70. The van der Waals surface area contributed by atoms with Crippen LogP contribution in [0.1, 0.15) is 42.3 Å². The van der Waals surface area contributed by atoms with Gasteiger partial charge in [0.25, 0.3) is 5.91 Å². The lowest BCUT2D eigenvalue weighted by molar-refractivity contribution is 0.0248. The lowest BCUT2D eigenvalue weighted by atomic mass is 10.1. The first-order valence-corrected chi connectivity index (χ1v) is 8.05. The zero-order valence-electron chi connectivity index (χ0n) is 11.9. The zero-order valence-corrected chi connectivity index (χ0v) is 12.7. The predicted octanol–water partition coefficient (Wildman–Crippen LogP) is 2.45. The summed E-state index contributed by atoms with van der Waals surface area (Å²) in [5.41, 5.74) is 6.44. The maximum atomic E-state index is 11.9. The van der Waals surface area contributed by atoms with Gasteiger partial charge in [0, 0.05) is 19.7 Å². The Balaban J connectivity index is 1.87. The van der Waals surface area contributed by atoms with E-state index in [-0.39, 0.29) is 12.0 Å². The highest BCUT2D eigenvalue weighted by Crippen LogP contribution is 2.29. The van der Waals surface area contributed by atoms with Crippen LogP contribution in [0.2, 0.25) is 0 Å². The van der Waals surface area contributed by atoms with Crippen LogP contribution in [0.4, 0.5) is 10.7 Å². The van der Waals surface area contributed by atoms with Crippen LogP contribution in [0.25, 0.3) is 0 Å². The first-order valence-electron chi connectivity index (χ1n) is 7.23. The van der Waals surface area contributed by atoms with E-state index in [1.807, 2.05) is 13.0 Å². The molecule has 2 heterocycles. The van der Waals surface area contributed by atoms with E-state index in [4.69, 9.17) is 10.5 Å². The van der Waals surface area contributed by atoms with Crippen molar-refractivity contribution in [3.63, 3.8) is 0 Å². The number of nitrogens with one attached hydrogen (secondary N) is 2. The molecule has 0 spiro atoms. The van der Waals surface area contributed by atoms with Crippen LogP contribution in [0.3, 0.4) is 0 Å². The molecule has 1 fully saturated rings. The van der Waals surface area contributed by atoms with Gasteiger partial charge in [-0.3, -0.25) is 4.79 Å². The molecule has 0 aromatic carbocycles. The number of amides is 1. The molecule has 1 atom stereocenters. The molecule has 112 valence electrons. The number of ether oxygens (including phenoxy) is 1. The Morgan fingerprint density at radius 3 is 3.10 bits per heavy atom. The molecule has 4 N–H and O–H groups in total. The average molecular weight is 297 g/mol. The third kappa shape index (κ3) is 4.11. The minimum Gasteiger partial charge on any atom is -0.397 e. The van der Waals surface area contributed by atoms with Gasteiger partial charge in [-0.15, -0.1) is 11.3 Å². The average Bonchev–Trinajstić information content (AvgIpc) is 2.85. The number of hydrogen-bond acceptors (Lipinski definition) is 5. The van der Waals surface area contributed by atoms with Crippen molar-refractivity contribution >= 4 is 27.9 Å². The summed E-state index contributed by atoms with van der Waals surface area (Å²) >= 11 is 1.40. The van der Waals surface area contributed by atoms with E-state index in [0.717, 1.165) is 37.4 Å². The number of carbonyl (C=O) groups is 1. The molecule has 20 heavy (non-hydrogen) atoms. The van der Waals surface area contributed by atoms with Crippen LogP contribution in [0.15, 0.2) is 6.07 Å². The molecule has 1 aliphatic heterocycles. The highest BCUT2D eigenvalue weighted by atomic mass is 32.1. The largest absolute Gasteiger partial charge is 0.397 e. The molecule has 6 heteroatoms. The Hall–Kier alpha value is -1.27. The molecule has 1 unspecified atom stereocenters. The van der Waals surface area contributed by atoms with Gasteiger partial charge < -0.3 is 21.1 Å². The maximum Gasteiger partial charge on any atom is 0.263 e. The number of rotatable bonds is 6. The topological polar surface area (TPSA) is 76.4 Å². The van der Waals surface area contributed by atoms with Crippen molar-refractivity contribution in [1.29, 1.82) is 0 Å². The Bertz CT molecular complexity index is 442. The van der Waals surface area contributed by atoms with Crippen LogP contribution in [0.5, 0.6) is 0 Å². The summed E-state index contributed by atoms with van der Waals surface area (Å²) in [4.78, 5) is 12.5. The van der Waals surface area contributed by atoms with Gasteiger partial charge in [-0.1, -0.05) is 6.92 Å². The van der Waals surface area contributed by atoms with Crippen molar-refractivity contribution in [3.8, 4) is 0 Å². The lowest BCUT2D eigenvalue weighted by Gasteiger charge is -2.22. The number of hydrogen-bond donors (Lipinski definition) is 3. The monoisotopic (exact) mass is 297 g/mol. The maximum absolute atomic E-state index is 11.9. The minimum atomic E-state index is -0.0867. The first kappa shape index (κ1) is 15.1. The molecular formula is C14H23N3O2S. The van der Waals surface area contributed by atoms with Gasteiger partial charge in [0.1, 0.15) is 4.88 Å². The van der Waals surface area contributed by atoms with Gasteiger partial charge in [0.05, 0.1) is 16.8 Å². The highest BCUT2D eigenvalue weighted by Gasteiger charge is 2.16. The molecule has 0 saturated carbocycles. The molecule has 2 rings (SSSR count). The Morgan fingerprint density at radius 1 is 1.55 bits per heavy atom. The van der Waals surface area contributed by atoms with Crippen LogP contribution < -0.4 is 16.4 Å². The standard InChI is InChI=1S/C14H23N3O2S/c1-2-6-16-14(18)13-11(15)8-12(20-13)17-9-10-5-3-4-7-19-10/h8,10,17H,2-7,9,15H2,1H3,(H,16,18). The normalized spacial score (nSPS) is 18.8. The number of nitrogens with two attached hydrogens (primary N) is 1. The van der Waals surface area contributed by atoms with Crippen LogP contribution in [-0.4, -0.2) is 31.7 Å². The summed E-state index contributed by atoms with van der Waals surface area (Å²) in [7, 11) is 0. The molecule has 5 nitrogen and oxygen atoms in total. The fourth-order valence-corrected chi connectivity index (χ4v) is 3.07. The second kappa shape index (κ2) is 7.50. The second-order valence-electron chi connectivity index (χ2n) is 5.02. The van der Waals surface area contributed by atoms with E-state index in [0.29, 0.717) is 17.1 Å². The smallest absolute Gasteiger partial charge is 0.263 e. The summed E-state index contributed by atoms with van der Waals surface area (Å²) in [5.74, 6) is -0.0867. The van der Waals surface area contributed by atoms with Crippen molar-refractivity contribution in [2.24, 2.45) is 0 Å². The van der Waals surface area contributed by atoms with E-state index < -0.39 is 0 Å². The van der Waals surface area contributed by atoms with E-state index in [1.165, 1.54) is 17.8 Å². The highest BCUT2D eigenvalue weighted by molar-refractivity contribution is 7.18. The number of nitrogen functional groups attached to an aromatic ring is 1. The Labute approximate surface area is 123 Å². The number of thiophene rings is 1. The second-order valence-corrected chi connectivity index (χ2v) is 6.07. The summed E-state index contributed by atoms with van der Waals surface area (Å²) in [6.07, 6.45) is 4.66. The van der Waals surface area contributed by atoms with E-state index in [1.54, 1.807) is 0 Å². The molecule has 1 aromatic rings. The van der Waals surface area contributed by atoms with Gasteiger partial charge in [-0.2, -0.15) is 0 Å². The van der Waals surface area contributed by atoms with Crippen LogP contribution in [0, 0.1) is 0 Å². The molecular weight excluding hydrogens is 274 g/mol. The van der Waals surface area contributed by atoms with Gasteiger partial charge in [-0.25, -0.2) is 0 Å². The van der Waals surface area contributed by atoms with E-state index in [9.17, 15) is 4.79 Å². The van der Waals surface area contributed by atoms with Crippen molar-refractivity contribution < 1.29 is 9.53 Å². The van der Waals surface area contributed by atoms with Crippen molar-refractivity contribution in [3.05, 3.63) is 10.9 Å². The fourth-order valence-electron chi connectivity index (χ4n) is 2.17. The van der Waals surface area contributed by atoms with Crippen molar-refractivity contribution in [2.45, 2.75) is 38.7 Å². The molecule has 0 radical (unpaired) electrons. The Kier molecular flexibility index (Phi) is 5.67.